The number of nitrogens with zero attached hydrogens (tertiary/aromatic N) is 1. The Balaban J connectivity index is 1.20. The van der Waals surface area contributed by atoms with E-state index in [1.54, 1.807) is 64.2 Å². The van der Waals surface area contributed by atoms with E-state index in [1.165, 1.54) is 45.0 Å². The Morgan fingerprint density at radius 1 is 0.771 bits per heavy atom. The molecule has 2 saturated carbocycles. The quantitative estimate of drug-likeness (QED) is 0.233. The molecular weight excluding hydrogens is 504 g/mol. The molecule has 10 heterocycles. The van der Waals surface area contributed by atoms with Crippen LogP contribution in [0.3, 0.4) is 0 Å². The average Bonchev–Trinajstić information content (AvgIpc) is 3.79. The Morgan fingerprint density at radius 3 is 1.60 bits per heavy atom. The van der Waals surface area contributed by atoms with E-state index in [9.17, 15) is 0 Å². The van der Waals surface area contributed by atoms with E-state index in [0.717, 1.165) is 18.5 Å². The molecule has 7 unspecified atom stereocenters. The third kappa shape index (κ3) is 0.453. The third-order valence-electron chi connectivity index (χ3n) is 22.1. The zero-order chi connectivity index (χ0) is 23.9. The van der Waals surface area contributed by atoms with Crippen LogP contribution in [-0.2, 0) is 6.51 Å². The van der Waals surface area contributed by atoms with Crippen molar-refractivity contribution < 1.29 is 6.51 Å². The molecule has 0 aromatic heterocycles. The van der Waals surface area contributed by atoms with Crippen molar-refractivity contribution in [2.45, 2.75) is 161 Å². The van der Waals surface area contributed by atoms with Crippen molar-refractivity contribution in [3.05, 3.63) is 0 Å². The molecule has 0 aromatic rings. The minimum atomic E-state index is -3.73. The number of hydrogen-bond donors (Lipinski definition) is 0. The first kappa shape index (κ1) is 20.3. The molecule has 4 heteroatoms. The Morgan fingerprint density at radius 2 is 1.23 bits per heavy atom. The van der Waals surface area contributed by atoms with Gasteiger partial charge in [0.05, 0.1) is 0 Å². The molecule has 10 aliphatic heterocycles. The summed E-state index contributed by atoms with van der Waals surface area (Å²) < 4.78 is 3.07. The van der Waals surface area contributed by atoms with Gasteiger partial charge in [-0.25, -0.2) is 0 Å². The molecule has 12 rings (SSSR count). The third-order valence-corrected chi connectivity index (χ3v) is 82.0. The Kier molecular flexibility index (Phi) is 1.69. The first-order valence-electron chi connectivity index (χ1n) is 15.8. The average molecular weight is 556 g/mol. The van der Waals surface area contributed by atoms with Gasteiger partial charge in [-0.05, 0) is 0 Å². The fourth-order valence-corrected chi connectivity index (χ4v) is 138. The Hall–Kier alpha value is 1.34. The van der Waals surface area contributed by atoms with Crippen LogP contribution >= 0.6 is 15.8 Å². The molecule has 12 fully saturated rings. The van der Waals surface area contributed by atoms with Crippen molar-refractivity contribution in [1.82, 2.24) is 4.90 Å². The second kappa shape index (κ2) is 2.93. The number of hydrogen-bond acceptors (Lipinski definition) is 1. The molecule has 10 saturated heterocycles. The monoisotopic (exact) mass is 555 g/mol. The van der Waals surface area contributed by atoms with Crippen LogP contribution in [0.4, 0.5) is 0 Å². The number of fused-ring (bicyclic) bond motifs is 10. The normalized spacial score (nSPS) is 77.5. The standard InChI is InChI=1S/C26H46NP2.C5H5.Fe/c1-20(27(5)6)23-18-19-24(25(23)28(7)26(2,3)4)29(21-14-10-8-11-15-21)22-16-12-9-13-17-22;1-2-4-5-3-1;/h18-22H,8-17H2,1-7H3;1-5H;. The molecule has 0 radical (unpaired) electrons. The molecule has 0 bridgehead atoms. The van der Waals surface area contributed by atoms with E-state index in [4.69, 9.17) is 0 Å². The minimum absolute atomic E-state index is 0.122. The van der Waals surface area contributed by atoms with Crippen LogP contribution in [0, 0.1) is 0 Å². The van der Waals surface area contributed by atoms with Crippen LogP contribution in [0.5, 0.6) is 0 Å². The topological polar surface area (TPSA) is 3.24 Å². The molecule has 1 nitrogen and oxygen atoms in total. The van der Waals surface area contributed by atoms with E-state index in [1.807, 2.05) is 0 Å². The predicted molar refractivity (Wildman–Crippen MR) is 151 cm³/mol. The van der Waals surface area contributed by atoms with Crippen LogP contribution < -0.4 is 0 Å². The maximum absolute atomic E-state index is 3.73. The molecule has 35 heavy (non-hydrogen) atoms. The molecule has 1 spiro atoms. The Labute approximate surface area is 207 Å². The second-order valence-corrected chi connectivity index (χ2v) is 49.0. The first-order chi connectivity index (χ1) is 16.4. The van der Waals surface area contributed by atoms with Crippen LogP contribution in [0.1, 0.15) is 91.9 Å². The van der Waals surface area contributed by atoms with E-state index >= 15 is 0 Å². The van der Waals surface area contributed by atoms with Gasteiger partial charge in [0, 0.05) is 0 Å². The molecule has 0 N–H and O–H groups in total. The second-order valence-electron chi connectivity index (χ2n) is 19.2. The molecule has 12 aliphatic rings. The molecule has 0 amide bonds. The van der Waals surface area contributed by atoms with Crippen molar-refractivity contribution in [1.29, 1.82) is 0 Å². The summed E-state index contributed by atoms with van der Waals surface area (Å²) in [6, 6.07) is 0.922. The van der Waals surface area contributed by atoms with Crippen molar-refractivity contribution in [2.75, 3.05) is 20.8 Å². The molecule has 198 valence electrons. The van der Waals surface area contributed by atoms with Crippen molar-refractivity contribution in [2.24, 2.45) is 0 Å². The summed E-state index contributed by atoms with van der Waals surface area (Å²) in [5, 5.41) is 0.569. The molecule has 7 atom stereocenters. The number of rotatable bonds is 6. The van der Waals surface area contributed by atoms with Gasteiger partial charge in [0.25, 0.3) is 0 Å². The van der Waals surface area contributed by atoms with Gasteiger partial charge in [-0.1, -0.05) is 0 Å². The van der Waals surface area contributed by atoms with E-state index in [0.29, 0.717) is 5.16 Å². The van der Waals surface area contributed by atoms with E-state index in [2.05, 4.69) is 53.4 Å². The summed E-state index contributed by atoms with van der Waals surface area (Å²) in [6.07, 6.45) is 16.2. The van der Waals surface area contributed by atoms with Crippen LogP contribution in [-0.4, -0.2) is 56.3 Å². The molecule has 2 aliphatic carbocycles. The van der Waals surface area contributed by atoms with Crippen molar-refractivity contribution >= 4 is 15.8 Å². The zero-order valence-electron chi connectivity index (χ0n) is 23.5. The zero-order valence-corrected chi connectivity index (χ0v) is 26.4. The first-order valence-corrected chi connectivity index (χ1v) is 25.2. The maximum atomic E-state index is 2.97. The van der Waals surface area contributed by atoms with Crippen LogP contribution in [0.15, 0.2) is 0 Å². The molecular formula is C31H51FeNP2. The SMILES string of the molecule is CC(N(C)C)[C]12[CH]3[CH]4[C]5(P(C6CCCCC6)C6CCCCC6)[C]1(P(C)C(C)(C)C)[Fe]34251678[CH]2[CH]1[CH]6[CH]7[CH]28. The van der Waals surface area contributed by atoms with Gasteiger partial charge in [0.2, 0.25) is 0 Å². The predicted octanol–water partition coefficient (Wildman–Crippen LogP) is 9.57. The summed E-state index contributed by atoms with van der Waals surface area (Å²) in [5.41, 5.74) is 2.43. The van der Waals surface area contributed by atoms with E-state index in [-0.39, 0.29) is 15.8 Å². The fourth-order valence-electron chi connectivity index (χ4n) is 24.2. The summed E-state index contributed by atoms with van der Waals surface area (Å²) in [7, 11) is 5.42. The van der Waals surface area contributed by atoms with Gasteiger partial charge in [-0.3, -0.25) is 0 Å². The van der Waals surface area contributed by atoms with Crippen molar-refractivity contribution in [3.8, 4) is 0 Å². The van der Waals surface area contributed by atoms with E-state index < -0.39 is 6.51 Å². The summed E-state index contributed by atoms with van der Waals surface area (Å²) in [6.45, 7) is 10.2. The van der Waals surface area contributed by atoms with Gasteiger partial charge < -0.3 is 0 Å². The van der Waals surface area contributed by atoms with Gasteiger partial charge in [0.1, 0.15) is 0 Å². The summed E-state index contributed by atoms with van der Waals surface area (Å²) in [5.74, 6) is 0. The van der Waals surface area contributed by atoms with Gasteiger partial charge >= 0.3 is 209 Å². The van der Waals surface area contributed by atoms with Gasteiger partial charge in [-0.2, -0.15) is 0 Å². The fraction of sp³-hybridized carbons (Fsp3) is 1.00. The summed E-state index contributed by atoms with van der Waals surface area (Å²) in [4.78, 5) is 12.9. The van der Waals surface area contributed by atoms with Gasteiger partial charge in [0.15, 0.2) is 0 Å². The van der Waals surface area contributed by atoms with Crippen LogP contribution in [0.2, 0.25) is 38.0 Å². The van der Waals surface area contributed by atoms with Crippen molar-refractivity contribution in [3.63, 3.8) is 0 Å². The summed E-state index contributed by atoms with van der Waals surface area (Å²) >= 11 is 0. The van der Waals surface area contributed by atoms with Crippen LogP contribution in [0.25, 0.3) is 0 Å². The Bertz CT molecular complexity index is 1470. The van der Waals surface area contributed by atoms with Gasteiger partial charge in [-0.15, -0.1) is 0 Å². The molecule has 0 aromatic carbocycles.